The van der Waals surface area contributed by atoms with Crippen LogP contribution in [0.1, 0.15) is 35.7 Å². The lowest BCUT2D eigenvalue weighted by Crippen LogP contribution is -2.30. The maximum Gasteiger partial charge on any atom is 0.227 e. The standard InChI is InChI=1S/C18H23N3O2/c1-13-5-3-4-6-16(13)11-18(22)21-10-9-15(12-21)7-8-17-19-14(2)23-20-17/h3-6,15H,7-12H2,1-2H3. The van der Waals surface area contributed by atoms with Crippen molar-refractivity contribution < 1.29 is 9.32 Å². The smallest absolute Gasteiger partial charge is 0.227 e. The van der Waals surface area contributed by atoms with Crippen LogP contribution in [0.3, 0.4) is 0 Å². The fraction of sp³-hybridized carbons (Fsp3) is 0.500. The zero-order chi connectivity index (χ0) is 16.2. The van der Waals surface area contributed by atoms with Gasteiger partial charge < -0.3 is 9.42 Å². The fourth-order valence-electron chi connectivity index (χ4n) is 3.15. The van der Waals surface area contributed by atoms with Gasteiger partial charge in [0.05, 0.1) is 6.42 Å². The summed E-state index contributed by atoms with van der Waals surface area (Å²) in [5.41, 5.74) is 2.31. The highest BCUT2D eigenvalue weighted by Crippen LogP contribution is 2.22. The topological polar surface area (TPSA) is 59.2 Å². The van der Waals surface area contributed by atoms with Crippen LogP contribution < -0.4 is 0 Å². The van der Waals surface area contributed by atoms with Gasteiger partial charge in [-0.25, -0.2) is 0 Å². The normalized spacial score (nSPS) is 17.7. The molecule has 0 bridgehead atoms. The lowest BCUT2D eigenvalue weighted by atomic mass is 10.0. The summed E-state index contributed by atoms with van der Waals surface area (Å²) in [4.78, 5) is 18.7. The van der Waals surface area contributed by atoms with Gasteiger partial charge in [-0.05, 0) is 36.8 Å². The molecular weight excluding hydrogens is 290 g/mol. The Labute approximate surface area is 136 Å². The van der Waals surface area contributed by atoms with E-state index < -0.39 is 0 Å². The van der Waals surface area contributed by atoms with Crippen LogP contribution in [0.5, 0.6) is 0 Å². The Balaban J connectivity index is 1.49. The zero-order valence-corrected chi connectivity index (χ0v) is 13.8. The minimum absolute atomic E-state index is 0.234. The van der Waals surface area contributed by atoms with E-state index in [0.717, 1.165) is 43.7 Å². The van der Waals surface area contributed by atoms with Crippen LogP contribution in [0.25, 0.3) is 0 Å². The first-order valence-electron chi connectivity index (χ1n) is 8.23. The van der Waals surface area contributed by atoms with E-state index in [-0.39, 0.29) is 5.91 Å². The lowest BCUT2D eigenvalue weighted by Gasteiger charge is -2.17. The maximum absolute atomic E-state index is 12.5. The van der Waals surface area contributed by atoms with Crippen LogP contribution in [0.2, 0.25) is 0 Å². The minimum atomic E-state index is 0.234. The van der Waals surface area contributed by atoms with Crippen molar-refractivity contribution in [1.82, 2.24) is 15.0 Å². The molecule has 1 aliphatic rings. The van der Waals surface area contributed by atoms with Crippen molar-refractivity contribution in [1.29, 1.82) is 0 Å². The largest absolute Gasteiger partial charge is 0.342 e. The average molecular weight is 313 g/mol. The van der Waals surface area contributed by atoms with Gasteiger partial charge in [-0.15, -0.1) is 0 Å². The van der Waals surface area contributed by atoms with Gasteiger partial charge in [0.1, 0.15) is 0 Å². The van der Waals surface area contributed by atoms with E-state index in [4.69, 9.17) is 4.52 Å². The number of carbonyl (C=O) groups is 1. The molecule has 0 N–H and O–H groups in total. The number of likely N-dealkylation sites (tertiary alicyclic amines) is 1. The van der Waals surface area contributed by atoms with Crippen molar-refractivity contribution in [2.45, 2.75) is 39.5 Å². The van der Waals surface area contributed by atoms with Crippen LogP contribution in [-0.2, 0) is 17.6 Å². The second kappa shape index (κ2) is 6.94. The molecule has 1 aliphatic heterocycles. The second-order valence-electron chi connectivity index (χ2n) is 6.37. The summed E-state index contributed by atoms with van der Waals surface area (Å²) in [6, 6.07) is 8.10. The third-order valence-electron chi connectivity index (χ3n) is 4.59. The zero-order valence-electron chi connectivity index (χ0n) is 13.8. The third kappa shape index (κ3) is 3.97. The van der Waals surface area contributed by atoms with E-state index in [0.29, 0.717) is 18.2 Å². The van der Waals surface area contributed by atoms with Gasteiger partial charge in [0.2, 0.25) is 11.8 Å². The second-order valence-corrected chi connectivity index (χ2v) is 6.37. The highest BCUT2D eigenvalue weighted by atomic mass is 16.5. The summed E-state index contributed by atoms with van der Waals surface area (Å²) in [6.45, 7) is 5.57. The van der Waals surface area contributed by atoms with Crippen molar-refractivity contribution in [3.8, 4) is 0 Å². The molecule has 1 amide bonds. The van der Waals surface area contributed by atoms with Gasteiger partial charge in [-0.1, -0.05) is 29.4 Å². The van der Waals surface area contributed by atoms with Crippen LogP contribution in [0.4, 0.5) is 0 Å². The Morgan fingerprint density at radius 2 is 2.17 bits per heavy atom. The number of aryl methyl sites for hydroxylation is 3. The molecule has 23 heavy (non-hydrogen) atoms. The maximum atomic E-state index is 12.5. The first-order chi connectivity index (χ1) is 11.1. The number of carbonyl (C=O) groups excluding carboxylic acids is 1. The Hall–Kier alpha value is -2.17. The fourth-order valence-corrected chi connectivity index (χ4v) is 3.15. The van der Waals surface area contributed by atoms with Crippen molar-refractivity contribution in [3.63, 3.8) is 0 Å². The predicted molar refractivity (Wildman–Crippen MR) is 86.9 cm³/mol. The molecule has 0 aliphatic carbocycles. The van der Waals surface area contributed by atoms with E-state index in [1.54, 1.807) is 6.92 Å². The van der Waals surface area contributed by atoms with Gasteiger partial charge in [0.25, 0.3) is 0 Å². The van der Waals surface area contributed by atoms with Gasteiger partial charge in [-0.3, -0.25) is 4.79 Å². The van der Waals surface area contributed by atoms with Gasteiger partial charge >= 0.3 is 0 Å². The van der Waals surface area contributed by atoms with E-state index in [1.165, 1.54) is 5.56 Å². The molecule has 2 aromatic rings. The van der Waals surface area contributed by atoms with E-state index in [9.17, 15) is 4.79 Å². The van der Waals surface area contributed by atoms with Crippen molar-refractivity contribution in [3.05, 3.63) is 47.1 Å². The monoisotopic (exact) mass is 313 g/mol. The molecule has 1 fully saturated rings. The van der Waals surface area contributed by atoms with Crippen LogP contribution in [0.15, 0.2) is 28.8 Å². The molecule has 1 saturated heterocycles. The third-order valence-corrected chi connectivity index (χ3v) is 4.59. The molecular formula is C18H23N3O2. The minimum Gasteiger partial charge on any atom is -0.342 e. The summed E-state index contributed by atoms with van der Waals surface area (Å²) >= 11 is 0. The molecule has 1 unspecified atom stereocenters. The molecule has 1 atom stereocenters. The summed E-state index contributed by atoms with van der Waals surface area (Å²) in [5.74, 6) is 2.15. The highest BCUT2D eigenvalue weighted by molar-refractivity contribution is 5.79. The van der Waals surface area contributed by atoms with Gasteiger partial charge in [0, 0.05) is 26.4 Å². The Bertz CT molecular complexity index is 680. The molecule has 1 aromatic carbocycles. The summed E-state index contributed by atoms with van der Waals surface area (Å²) in [6.07, 6.45) is 3.40. The molecule has 2 heterocycles. The number of amides is 1. The van der Waals surface area contributed by atoms with E-state index >= 15 is 0 Å². The lowest BCUT2D eigenvalue weighted by molar-refractivity contribution is -0.129. The summed E-state index contributed by atoms with van der Waals surface area (Å²) in [7, 11) is 0. The quantitative estimate of drug-likeness (QED) is 0.851. The Kier molecular flexibility index (Phi) is 4.74. The first kappa shape index (κ1) is 15.7. The molecule has 0 radical (unpaired) electrons. The molecule has 5 heteroatoms. The number of hydrogen-bond acceptors (Lipinski definition) is 4. The highest BCUT2D eigenvalue weighted by Gasteiger charge is 2.26. The SMILES string of the molecule is Cc1nc(CCC2CCN(C(=O)Cc3ccccc3C)C2)no1. The number of benzene rings is 1. The number of nitrogens with zero attached hydrogens (tertiary/aromatic N) is 3. The molecule has 1 aromatic heterocycles. The number of hydrogen-bond donors (Lipinski definition) is 0. The summed E-state index contributed by atoms with van der Waals surface area (Å²) < 4.78 is 4.99. The van der Waals surface area contributed by atoms with Crippen molar-refractivity contribution in [2.75, 3.05) is 13.1 Å². The first-order valence-corrected chi connectivity index (χ1v) is 8.23. The van der Waals surface area contributed by atoms with Gasteiger partial charge in [0.15, 0.2) is 5.82 Å². The van der Waals surface area contributed by atoms with Gasteiger partial charge in [-0.2, -0.15) is 4.98 Å². The molecule has 3 rings (SSSR count). The van der Waals surface area contributed by atoms with Crippen LogP contribution >= 0.6 is 0 Å². The molecule has 0 saturated carbocycles. The van der Waals surface area contributed by atoms with Crippen molar-refractivity contribution >= 4 is 5.91 Å². The molecule has 122 valence electrons. The molecule has 0 spiro atoms. The van der Waals surface area contributed by atoms with Crippen molar-refractivity contribution in [2.24, 2.45) is 5.92 Å². The van der Waals surface area contributed by atoms with Crippen LogP contribution in [0, 0.1) is 19.8 Å². The van der Waals surface area contributed by atoms with E-state index in [2.05, 4.69) is 23.1 Å². The predicted octanol–water partition coefficient (Wildman–Crippen LogP) is 2.71. The average Bonchev–Trinajstić information content (AvgIpc) is 3.16. The molecule has 5 nitrogen and oxygen atoms in total. The Morgan fingerprint density at radius 3 is 2.91 bits per heavy atom. The Morgan fingerprint density at radius 1 is 1.35 bits per heavy atom. The van der Waals surface area contributed by atoms with E-state index in [1.807, 2.05) is 23.1 Å². The summed E-state index contributed by atoms with van der Waals surface area (Å²) in [5, 5.41) is 3.93. The number of rotatable bonds is 5. The number of aromatic nitrogens is 2. The van der Waals surface area contributed by atoms with Crippen LogP contribution in [-0.4, -0.2) is 34.0 Å².